The first-order valence-electron chi connectivity index (χ1n) is 6.67. The molecule has 4 heteroatoms. The van der Waals surface area contributed by atoms with E-state index in [1.165, 1.54) is 5.56 Å². The zero-order valence-corrected chi connectivity index (χ0v) is 12.9. The highest BCUT2D eigenvalue weighted by Gasteiger charge is 2.07. The van der Waals surface area contributed by atoms with Crippen molar-refractivity contribution < 1.29 is 4.74 Å². The number of aryl methyl sites for hydroxylation is 1. The first-order chi connectivity index (χ1) is 10.2. The lowest BCUT2D eigenvalue weighted by molar-refractivity contribution is 0.407. The molecule has 0 saturated carbocycles. The summed E-state index contributed by atoms with van der Waals surface area (Å²) in [6.45, 7) is 3.35. The van der Waals surface area contributed by atoms with Gasteiger partial charge in [-0.2, -0.15) is 5.26 Å². The van der Waals surface area contributed by atoms with E-state index in [9.17, 15) is 0 Å². The van der Waals surface area contributed by atoms with Crippen LogP contribution in [0.5, 0.6) is 5.75 Å². The van der Waals surface area contributed by atoms with Gasteiger partial charge in [0.05, 0.1) is 18.7 Å². The number of hydrogen-bond donors (Lipinski definition) is 1. The van der Waals surface area contributed by atoms with E-state index in [1.807, 2.05) is 43.3 Å². The second kappa shape index (κ2) is 7.12. The fraction of sp³-hybridized carbons (Fsp3) is 0.235. The Morgan fingerprint density at radius 2 is 2.05 bits per heavy atom. The van der Waals surface area contributed by atoms with Crippen LogP contribution in [-0.4, -0.2) is 7.11 Å². The van der Waals surface area contributed by atoms with Gasteiger partial charge in [0.25, 0.3) is 0 Å². The molecule has 0 atom stereocenters. The van der Waals surface area contributed by atoms with Crippen LogP contribution >= 0.6 is 11.6 Å². The van der Waals surface area contributed by atoms with E-state index < -0.39 is 0 Å². The molecular formula is C17H17ClN2O. The second-order valence-corrected chi connectivity index (χ2v) is 5.18. The Bertz CT molecular complexity index is 677. The number of methoxy groups -OCH3 is 1. The topological polar surface area (TPSA) is 45.0 Å². The van der Waals surface area contributed by atoms with E-state index in [-0.39, 0.29) is 0 Å². The normalized spacial score (nSPS) is 10.2. The molecule has 0 aliphatic carbocycles. The zero-order valence-electron chi connectivity index (χ0n) is 12.1. The third kappa shape index (κ3) is 3.75. The summed E-state index contributed by atoms with van der Waals surface area (Å²) in [7, 11) is 1.64. The molecule has 21 heavy (non-hydrogen) atoms. The summed E-state index contributed by atoms with van der Waals surface area (Å²) >= 11 is 6.20. The number of benzene rings is 2. The highest BCUT2D eigenvalue weighted by atomic mass is 35.5. The molecule has 0 spiro atoms. The fourth-order valence-corrected chi connectivity index (χ4v) is 2.42. The standard InChI is InChI=1S/C17H17ClN2O/c1-12-8-13(9-19)6-7-14(12)10-20-11-15-16(18)4-3-5-17(15)21-2/h3-8,20H,10-11H2,1-2H3. The van der Waals surface area contributed by atoms with Gasteiger partial charge in [-0.25, -0.2) is 0 Å². The van der Waals surface area contributed by atoms with Crippen molar-refractivity contribution in [3.8, 4) is 11.8 Å². The van der Waals surface area contributed by atoms with Crippen LogP contribution in [-0.2, 0) is 13.1 Å². The van der Waals surface area contributed by atoms with Crippen molar-refractivity contribution in [2.75, 3.05) is 7.11 Å². The molecule has 2 aromatic carbocycles. The van der Waals surface area contributed by atoms with Crippen molar-refractivity contribution >= 4 is 11.6 Å². The van der Waals surface area contributed by atoms with Gasteiger partial charge < -0.3 is 10.1 Å². The molecule has 0 bridgehead atoms. The summed E-state index contributed by atoms with van der Waals surface area (Å²) in [6.07, 6.45) is 0. The van der Waals surface area contributed by atoms with Gasteiger partial charge in [-0.3, -0.25) is 0 Å². The van der Waals surface area contributed by atoms with Gasteiger partial charge in [0.2, 0.25) is 0 Å². The summed E-state index contributed by atoms with van der Waals surface area (Å²) in [5.74, 6) is 0.784. The molecule has 0 heterocycles. The Morgan fingerprint density at radius 1 is 1.24 bits per heavy atom. The van der Waals surface area contributed by atoms with E-state index in [4.69, 9.17) is 21.6 Å². The maximum Gasteiger partial charge on any atom is 0.124 e. The number of rotatable bonds is 5. The van der Waals surface area contributed by atoms with Crippen molar-refractivity contribution in [1.82, 2.24) is 5.32 Å². The van der Waals surface area contributed by atoms with Crippen LogP contribution < -0.4 is 10.1 Å². The maximum absolute atomic E-state index is 8.87. The van der Waals surface area contributed by atoms with Crippen LogP contribution in [0.2, 0.25) is 5.02 Å². The fourth-order valence-electron chi connectivity index (χ4n) is 2.19. The Morgan fingerprint density at radius 3 is 2.71 bits per heavy atom. The molecule has 0 aliphatic heterocycles. The van der Waals surface area contributed by atoms with Crippen LogP contribution in [0.25, 0.3) is 0 Å². The Hall–Kier alpha value is -2.02. The first kappa shape index (κ1) is 15.4. The van der Waals surface area contributed by atoms with Gasteiger partial charge in [-0.15, -0.1) is 0 Å². The summed E-state index contributed by atoms with van der Waals surface area (Å²) in [6, 6.07) is 13.5. The van der Waals surface area contributed by atoms with Crippen molar-refractivity contribution in [2.24, 2.45) is 0 Å². The van der Waals surface area contributed by atoms with Crippen molar-refractivity contribution in [2.45, 2.75) is 20.0 Å². The molecule has 3 nitrogen and oxygen atoms in total. The van der Waals surface area contributed by atoms with Gasteiger partial charge in [-0.1, -0.05) is 23.7 Å². The molecule has 0 aromatic heterocycles. The molecule has 0 radical (unpaired) electrons. The zero-order chi connectivity index (χ0) is 15.2. The van der Waals surface area contributed by atoms with Crippen LogP contribution in [0.15, 0.2) is 36.4 Å². The van der Waals surface area contributed by atoms with Crippen molar-refractivity contribution in [3.63, 3.8) is 0 Å². The van der Waals surface area contributed by atoms with Crippen molar-refractivity contribution in [1.29, 1.82) is 5.26 Å². The SMILES string of the molecule is COc1cccc(Cl)c1CNCc1ccc(C#N)cc1C. The Kier molecular flexibility index (Phi) is 5.21. The van der Waals surface area contributed by atoms with Gasteiger partial charge in [0.1, 0.15) is 5.75 Å². The number of halogens is 1. The molecule has 0 aliphatic rings. The minimum atomic E-state index is 0.627. The highest BCUT2D eigenvalue weighted by Crippen LogP contribution is 2.26. The lowest BCUT2D eigenvalue weighted by Crippen LogP contribution is -2.14. The van der Waals surface area contributed by atoms with Gasteiger partial charge in [0, 0.05) is 23.7 Å². The predicted octanol–water partition coefficient (Wildman–Crippen LogP) is 3.82. The number of nitrogens with zero attached hydrogens (tertiary/aromatic N) is 1. The van der Waals surface area contributed by atoms with Crippen LogP contribution in [0.3, 0.4) is 0 Å². The quantitative estimate of drug-likeness (QED) is 0.913. The number of ether oxygens (including phenoxy) is 1. The molecule has 0 unspecified atom stereocenters. The van der Waals surface area contributed by atoms with Crippen LogP contribution in [0.1, 0.15) is 22.3 Å². The van der Waals surface area contributed by atoms with E-state index >= 15 is 0 Å². The summed E-state index contributed by atoms with van der Waals surface area (Å²) in [5, 5.41) is 12.9. The van der Waals surface area contributed by atoms with Crippen LogP contribution in [0.4, 0.5) is 0 Å². The lowest BCUT2D eigenvalue weighted by Gasteiger charge is -2.12. The van der Waals surface area contributed by atoms with Gasteiger partial charge in [-0.05, 0) is 42.3 Å². The van der Waals surface area contributed by atoms with Crippen LogP contribution in [0, 0.1) is 18.3 Å². The average molecular weight is 301 g/mol. The smallest absolute Gasteiger partial charge is 0.124 e. The van der Waals surface area contributed by atoms with E-state index in [2.05, 4.69) is 11.4 Å². The Labute approximate surface area is 130 Å². The van der Waals surface area contributed by atoms with E-state index in [1.54, 1.807) is 7.11 Å². The first-order valence-corrected chi connectivity index (χ1v) is 7.05. The largest absolute Gasteiger partial charge is 0.496 e. The number of hydrogen-bond acceptors (Lipinski definition) is 3. The highest BCUT2D eigenvalue weighted by molar-refractivity contribution is 6.31. The molecule has 0 fully saturated rings. The third-order valence-corrected chi connectivity index (χ3v) is 3.74. The molecule has 1 N–H and O–H groups in total. The van der Waals surface area contributed by atoms with Crippen molar-refractivity contribution in [3.05, 3.63) is 63.7 Å². The summed E-state index contributed by atoms with van der Waals surface area (Å²) < 4.78 is 5.32. The van der Waals surface area contributed by atoms with E-state index in [0.29, 0.717) is 23.7 Å². The van der Waals surface area contributed by atoms with Gasteiger partial charge >= 0.3 is 0 Å². The molecule has 2 aromatic rings. The third-order valence-electron chi connectivity index (χ3n) is 3.38. The van der Waals surface area contributed by atoms with E-state index in [0.717, 1.165) is 16.9 Å². The summed E-state index contributed by atoms with van der Waals surface area (Å²) in [4.78, 5) is 0. The second-order valence-electron chi connectivity index (χ2n) is 4.78. The molecular weight excluding hydrogens is 284 g/mol. The van der Waals surface area contributed by atoms with Gasteiger partial charge in [0.15, 0.2) is 0 Å². The maximum atomic E-state index is 8.87. The Balaban J connectivity index is 2.04. The molecule has 108 valence electrons. The predicted molar refractivity (Wildman–Crippen MR) is 84.4 cm³/mol. The minimum absolute atomic E-state index is 0.627. The lowest BCUT2D eigenvalue weighted by atomic mass is 10.1. The summed E-state index contributed by atoms with van der Waals surface area (Å²) in [5.41, 5.74) is 3.91. The number of nitrogens with one attached hydrogen (secondary N) is 1. The molecule has 2 rings (SSSR count). The number of nitriles is 1. The molecule has 0 saturated heterocycles. The average Bonchev–Trinajstić information content (AvgIpc) is 2.50. The monoisotopic (exact) mass is 300 g/mol. The minimum Gasteiger partial charge on any atom is -0.496 e. The molecule has 0 amide bonds.